The zero-order valence-electron chi connectivity index (χ0n) is 10.0. The van der Waals surface area contributed by atoms with Crippen LogP contribution in [0.1, 0.15) is 5.56 Å². The number of rotatable bonds is 7. The van der Waals surface area contributed by atoms with Crippen molar-refractivity contribution in [1.29, 1.82) is 0 Å². The van der Waals surface area contributed by atoms with Crippen LogP contribution >= 0.6 is 0 Å². The van der Waals surface area contributed by atoms with Gasteiger partial charge in [0.2, 0.25) is 0 Å². The minimum atomic E-state index is 0.204. The monoisotopic (exact) mass is 237 g/mol. The standard InChI is InChI=1S/C12H19N3O2/c1-15(9-12(13)14-16)7-8-17-10-11-5-3-2-4-6-11/h2-6,16H,7-10H2,1H3,(H2,13,14). The fraction of sp³-hybridized carbons (Fsp3) is 0.417. The Kier molecular flexibility index (Phi) is 6.06. The lowest BCUT2D eigenvalue weighted by molar-refractivity contribution is 0.103. The molecule has 3 N–H and O–H groups in total. The Balaban J connectivity index is 2.12. The van der Waals surface area contributed by atoms with E-state index < -0.39 is 0 Å². The molecule has 0 saturated heterocycles. The normalized spacial score (nSPS) is 12.0. The van der Waals surface area contributed by atoms with Crippen molar-refractivity contribution in [3.63, 3.8) is 0 Å². The number of likely N-dealkylation sites (N-methyl/N-ethyl adjacent to an activating group) is 1. The predicted molar refractivity (Wildman–Crippen MR) is 67.0 cm³/mol. The summed E-state index contributed by atoms with van der Waals surface area (Å²) in [6.07, 6.45) is 0. The molecule has 94 valence electrons. The minimum Gasteiger partial charge on any atom is -0.409 e. The molecule has 1 rings (SSSR count). The van der Waals surface area contributed by atoms with Gasteiger partial charge in [0.05, 0.1) is 19.8 Å². The lowest BCUT2D eigenvalue weighted by Gasteiger charge is -2.15. The maximum Gasteiger partial charge on any atom is 0.153 e. The largest absolute Gasteiger partial charge is 0.409 e. The van der Waals surface area contributed by atoms with Gasteiger partial charge in [-0.1, -0.05) is 35.5 Å². The summed E-state index contributed by atoms with van der Waals surface area (Å²) in [6.45, 7) is 2.40. The highest BCUT2D eigenvalue weighted by Crippen LogP contribution is 2.00. The average Bonchev–Trinajstić information content (AvgIpc) is 2.36. The van der Waals surface area contributed by atoms with Gasteiger partial charge in [-0.05, 0) is 12.6 Å². The molecule has 0 saturated carbocycles. The molecule has 0 fully saturated rings. The number of oxime groups is 1. The Morgan fingerprint density at radius 3 is 2.76 bits per heavy atom. The van der Waals surface area contributed by atoms with E-state index in [1.165, 1.54) is 0 Å². The Morgan fingerprint density at radius 2 is 2.12 bits per heavy atom. The lowest BCUT2D eigenvalue weighted by atomic mass is 10.2. The van der Waals surface area contributed by atoms with Crippen LogP contribution in [-0.4, -0.2) is 42.7 Å². The molecule has 0 aromatic heterocycles. The number of hydrogen-bond donors (Lipinski definition) is 2. The second kappa shape index (κ2) is 7.65. The van der Waals surface area contributed by atoms with Crippen LogP contribution in [-0.2, 0) is 11.3 Å². The van der Waals surface area contributed by atoms with Gasteiger partial charge in [0.1, 0.15) is 0 Å². The number of hydrogen-bond acceptors (Lipinski definition) is 4. The van der Waals surface area contributed by atoms with Gasteiger partial charge >= 0.3 is 0 Å². The molecule has 17 heavy (non-hydrogen) atoms. The molecule has 5 heteroatoms. The Labute approximate surface area is 101 Å². The second-order valence-corrected chi connectivity index (χ2v) is 3.87. The first-order chi connectivity index (χ1) is 8.22. The van der Waals surface area contributed by atoms with Crippen molar-refractivity contribution < 1.29 is 9.94 Å². The smallest absolute Gasteiger partial charge is 0.153 e. The van der Waals surface area contributed by atoms with E-state index in [0.717, 1.165) is 12.1 Å². The van der Waals surface area contributed by atoms with Gasteiger partial charge in [-0.15, -0.1) is 0 Å². The first-order valence-corrected chi connectivity index (χ1v) is 5.49. The van der Waals surface area contributed by atoms with Crippen molar-refractivity contribution in [3.8, 4) is 0 Å². The third-order valence-electron chi connectivity index (χ3n) is 2.29. The highest BCUT2D eigenvalue weighted by atomic mass is 16.5. The van der Waals surface area contributed by atoms with E-state index >= 15 is 0 Å². The van der Waals surface area contributed by atoms with Crippen LogP contribution in [0.15, 0.2) is 35.5 Å². The van der Waals surface area contributed by atoms with E-state index in [9.17, 15) is 0 Å². The molecule has 0 aliphatic carbocycles. The van der Waals surface area contributed by atoms with Gasteiger partial charge in [0.25, 0.3) is 0 Å². The first-order valence-electron chi connectivity index (χ1n) is 5.49. The van der Waals surface area contributed by atoms with Crippen molar-refractivity contribution in [2.45, 2.75) is 6.61 Å². The Hall–Kier alpha value is -1.59. The first kappa shape index (κ1) is 13.5. The molecular formula is C12H19N3O2. The summed E-state index contributed by atoms with van der Waals surface area (Å²) < 4.78 is 5.52. The summed E-state index contributed by atoms with van der Waals surface area (Å²) in [5, 5.41) is 11.3. The van der Waals surface area contributed by atoms with Crippen molar-refractivity contribution >= 4 is 5.84 Å². The topological polar surface area (TPSA) is 71.1 Å². The van der Waals surface area contributed by atoms with Gasteiger partial charge < -0.3 is 15.7 Å². The third kappa shape index (κ3) is 5.89. The van der Waals surface area contributed by atoms with Crippen LogP contribution in [0, 0.1) is 0 Å². The van der Waals surface area contributed by atoms with Crippen LogP contribution in [0.4, 0.5) is 0 Å². The molecule has 0 atom stereocenters. The third-order valence-corrected chi connectivity index (χ3v) is 2.29. The molecule has 0 aliphatic rings. The Bertz CT molecular complexity index is 341. The molecule has 0 bridgehead atoms. The molecule has 5 nitrogen and oxygen atoms in total. The summed E-state index contributed by atoms with van der Waals surface area (Å²) in [6, 6.07) is 10.0. The van der Waals surface area contributed by atoms with Crippen molar-refractivity contribution in [3.05, 3.63) is 35.9 Å². The number of ether oxygens (including phenoxy) is 1. The summed E-state index contributed by atoms with van der Waals surface area (Å²) in [5.74, 6) is 0.204. The summed E-state index contributed by atoms with van der Waals surface area (Å²) in [5.41, 5.74) is 6.55. The fourth-order valence-corrected chi connectivity index (χ4v) is 1.37. The highest BCUT2D eigenvalue weighted by Gasteiger charge is 2.01. The van der Waals surface area contributed by atoms with E-state index in [1.807, 2.05) is 42.3 Å². The van der Waals surface area contributed by atoms with Gasteiger partial charge in [0, 0.05) is 6.54 Å². The van der Waals surface area contributed by atoms with Crippen LogP contribution < -0.4 is 5.73 Å². The number of amidine groups is 1. The van der Waals surface area contributed by atoms with Crippen LogP contribution in [0.5, 0.6) is 0 Å². The Morgan fingerprint density at radius 1 is 1.41 bits per heavy atom. The van der Waals surface area contributed by atoms with Crippen molar-refractivity contribution in [2.75, 3.05) is 26.7 Å². The van der Waals surface area contributed by atoms with Crippen LogP contribution in [0.2, 0.25) is 0 Å². The molecular weight excluding hydrogens is 218 g/mol. The molecule has 0 aliphatic heterocycles. The van der Waals surface area contributed by atoms with Crippen LogP contribution in [0.25, 0.3) is 0 Å². The van der Waals surface area contributed by atoms with Gasteiger partial charge in [-0.25, -0.2) is 0 Å². The molecule has 0 amide bonds. The lowest BCUT2D eigenvalue weighted by Crippen LogP contribution is -2.33. The maximum atomic E-state index is 8.41. The highest BCUT2D eigenvalue weighted by molar-refractivity contribution is 5.81. The van der Waals surface area contributed by atoms with Gasteiger partial charge in [-0.2, -0.15) is 0 Å². The van der Waals surface area contributed by atoms with Gasteiger partial charge in [-0.3, -0.25) is 4.90 Å². The molecule has 0 radical (unpaired) electrons. The molecule has 0 heterocycles. The number of benzene rings is 1. The van der Waals surface area contributed by atoms with E-state index in [-0.39, 0.29) is 5.84 Å². The maximum absolute atomic E-state index is 8.41. The van der Waals surface area contributed by atoms with Crippen molar-refractivity contribution in [2.24, 2.45) is 10.9 Å². The summed E-state index contributed by atoms with van der Waals surface area (Å²) in [7, 11) is 1.89. The predicted octanol–water partition coefficient (Wildman–Crippen LogP) is 0.881. The molecule has 1 aromatic carbocycles. The fourth-order valence-electron chi connectivity index (χ4n) is 1.37. The van der Waals surface area contributed by atoms with E-state index in [4.69, 9.17) is 15.7 Å². The number of nitrogens with two attached hydrogens (primary N) is 1. The van der Waals surface area contributed by atoms with E-state index in [1.54, 1.807) is 0 Å². The summed E-state index contributed by atoms with van der Waals surface area (Å²) in [4.78, 5) is 1.93. The zero-order valence-corrected chi connectivity index (χ0v) is 10.0. The average molecular weight is 237 g/mol. The van der Waals surface area contributed by atoms with E-state index in [0.29, 0.717) is 19.8 Å². The minimum absolute atomic E-state index is 0.204. The molecule has 0 spiro atoms. The second-order valence-electron chi connectivity index (χ2n) is 3.87. The quantitative estimate of drug-likeness (QED) is 0.243. The molecule has 1 aromatic rings. The van der Waals surface area contributed by atoms with Crippen LogP contribution in [0.3, 0.4) is 0 Å². The number of nitrogens with zero attached hydrogens (tertiary/aromatic N) is 2. The van der Waals surface area contributed by atoms with E-state index in [2.05, 4.69) is 5.16 Å². The SMILES string of the molecule is CN(CCOCc1ccccc1)C/C(N)=N/O. The van der Waals surface area contributed by atoms with Gasteiger partial charge in [0.15, 0.2) is 5.84 Å². The summed E-state index contributed by atoms with van der Waals surface area (Å²) >= 11 is 0. The van der Waals surface area contributed by atoms with Crippen molar-refractivity contribution in [1.82, 2.24) is 4.90 Å². The zero-order chi connectivity index (χ0) is 12.5. The molecule has 0 unspecified atom stereocenters.